The monoisotopic (exact) mass is 438 g/mol. The smallest absolute Gasteiger partial charge is 0.416 e. The Morgan fingerprint density at radius 3 is 2.57 bits per heavy atom. The van der Waals surface area contributed by atoms with E-state index in [-0.39, 0.29) is 24.1 Å². The standard InChI is InChI=1S/C19H17F3N4O3S/c1-3-8-26-16(27)14(11(2)23-17(26)28)9-15-24-25-18(29-15)30-10-12-4-6-13(7-5-12)19(20,21)22/h3-7H,1,8-10H2,2H3,(H,23,28). The fraction of sp³-hybridized carbons (Fsp3) is 0.263. The molecule has 0 radical (unpaired) electrons. The number of rotatable bonds is 7. The number of hydrogen-bond acceptors (Lipinski definition) is 6. The van der Waals surface area contributed by atoms with Crippen molar-refractivity contribution in [2.45, 2.75) is 37.0 Å². The zero-order valence-corrected chi connectivity index (χ0v) is 16.6. The van der Waals surface area contributed by atoms with Gasteiger partial charge in [-0.25, -0.2) is 4.79 Å². The van der Waals surface area contributed by atoms with Gasteiger partial charge in [-0.15, -0.1) is 16.8 Å². The lowest BCUT2D eigenvalue weighted by Crippen LogP contribution is -2.37. The summed E-state index contributed by atoms with van der Waals surface area (Å²) in [4.78, 5) is 27.0. The summed E-state index contributed by atoms with van der Waals surface area (Å²) >= 11 is 1.16. The number of benzene rings is 1. The summed E-state index contributed by atoms with van der Waals surface area (Å²) in [6.07, 6.45) is -2.90. The molecule has 0 aliphatic rings. The highest BCUT2D eigenvalue weighted by Gasteiger charge is 2.29. The average molecular weight is 438 g/mol. The molecule has 0 amide bonds. The molecule has 1 N–H and O–H groups in total. The van der Waals surface area contributed by atoms with E-state index in [9.17, 15) is 22.8 Å². The van der Waals surface area contributed by atoms with Crippen LogP contribution in [0.3, 0.4) is 0 Å². The maximum absolute atomic E-state index is 12.6. The van der Waals surface area contributed by atoms with E-state index in [1.165, 1.54) is 18.2 Å². The zero-order valence-electron chi connectivity index (χ0n) is 15.8. The molecule has 0 spiro atoms. The molecule has 0 fully saturated rings. The summed E-state index contributed by atoms with van der Waals surface area (Å²) in [5.74, 6) is 0.520. The zero-order chi connectivity index (χ0) is 21.9. The lowest BCUT2D eigenvalue weighted by molar-refractivity contribution is -0.137. The normalized spacial score (nSPS) is 11.6. The summed E-state index contributed by atoms with van der Waals surface area (Å²) in [6.45, 7) is 5.20. The first-order valence-corrected chi connectivity index (χ1v) is 9.72. The predicted octanol–water partition coefficient (Wildman–Crippen LogP) is 3.32. The minimum absolute atomic E-state index is 0.0342. The predicted molar refractivity (Wildman–Crippen MR) is 104 cm³/mol. The molecule has 0 bridgehead atoms. The lowest BCUT2D eigenvalue weighted by atomic mass is 10.1. The van der Waals surface area contributed by atoms with Crippen molar-refractivity contribution in [3.8, 4) is 0 Å². The second-order valence-electron chi connectivity index (χ2n) is 6.36. The molecule has 1 aromatic carbocycles. The van der Waals surface area contributed by atoms with Gasteiger partial charge in [0, 0.05) is 23.6 Å². The van der Waals surface area contributed by atoms with Crippen molar-refractivity contribution in [3.63, 3.8) is 0 Å². The third-order valence-corrected chi connectivity index (χ3v) is 5.12. The molecular formula is C19H17F3N4O3S. The van der Waals surface area contributed by atoms with Crippen molar-refractivity contribution in [2.24, 2.45) is 0 Å². The highest BCUT2D eigenvalue weighted by atomic mass is 32.2. The number of alkyl halides is 3. The molecule has 0 atom stereocenters. The molecule has 2 heterocycles. The van der Waals surface area contributed by atoms with E-state index in [2.05, 4.69) is 21.8 Å². The molecular weight excluding hydrogens is 421 g/mol. The Hall–Kier alpha value is -3.08. The number of thioether (sulfide) groups is 1. The van der Waals surface area contributed by atoms with E-state index < -0.39 is 23.0 Å². The third-order valence-electron chi connectivity index (χ3n) is 4.23. The van der Waals surface area contributed by atoms with Gasteiger partial charge in [0.25, 0.3) is 10.8 Å². The summed E-state index contributed by atoms with van der Waals surface area (Å²) in [5, 5.41) is 8.01. The highest BCUT2D eigenvalue weighted by Crippen LogP contribution is 2.30. The fourth-order valence-electron chi connectivity index (χ4n) is 2.68. The number of nitrogens with one attached hydrogen (secondary N) is 1. The van der Waals surface area contributed by atoms with Crippen molar-refractivity contribution in [1.82, 2.24) is 19.7 Å². The van der Waals surface area contributed by atoms with Crippen LogP contribution in [-0.2, 0) is 24.9 Å². The van der Waals surface area contributed by atoms with E-state index >= 15 is 0 Å². The Morgan fingerprint density at radius 1 is 1.23 bits per heavy atom. The minimum Gasteiger partial charge on any atom is -0.416 e. The van der Waals surface area contributed by atoms with Crippen LogP contribution in [0.2, 0.25) is 0 Å². The lowest BCUT2D eigenvalue weighted by Gasteiger charge is -2.07. The van der Waals surface area contributed by atoms with Gasteiger partial charge >= 0.3 is 11.9 Å². The number of H-pyrrole nitrogens is 1. The molecule has 0 saturated heterocycles. The first-order valence-electron chi connectivity index (χ1n) is 8.74. The molecule has 11 heteroatoms. The Bertz CT molecular complexity index is 1160. The highest BCUT2D eigenvalue weighted by molar-refractivity contribution is 7.98. The van der Waals surface area contributed by atoms with Crippen LogP contribution >= 0.6 is 11.8 Å². The minimum atomic E-state index is -4.38. The van der Waals surface area contributed by atoms with E-state index in [0.717, 1.165) is 28.5 Å². The van der Waals surface area contributed by atoms with Gasteiger partial charge in [0.05, 0.1) is 12.0 Å². The van der Waals surface area contributed by atoms with Gasteiger partial charge in [-0.2, -0.15) is 13.2 Å². The molecule has 158 valence electrons. The van der Waals surface area contributed by atoms with Crippen LogP contribution in [0.15, 0.2) is 56.1 Å². The van der Waals surface area contributed by atoms with E-state index in [4.69, 9.17) is 4.42 Å². The van der Waals surface area contributed by atoms with Gasteiger partial charge in [-0.1, -0.05) is 30.0 Å². The van der Waals surface area contributed by atoms with Gasteiger partial charge in [-0.05, 0) is 24.6 Å². The molecule has 3 aromatic rings. The average Bonchev–Trinajstić information content (AvgIpc) is 3.14. The maximum atomic E-state index is 12.6. The number of aryl methyl sites for hydroxylation is 1. The molecule has 0 unspecified atom stereocenters. The fourth-order valence-corrected chi connectivity index (χ4v) is 3.41. The van der Waals surface area contributed by atoms with Crippen LogP contribution in [0.25, 0.3) is 0 Å². The number of aromatic nitrogens is 4. The van der Waals surface area contributed by atoms with Crippen molar-refractivity contribution < 1.29 is 17.6 Å². The van der Waals surface area contributed by atoms with Crippen LogP contribution < -0.4 is 11.2 Å². The molecule has 0 saturated carbocycles. The van der Waals surface area contributed by atoms with Crippen molar-refractivity contribution in [3.05, 3.63) is 86.0 Å². The molecule has 0 aliphatic carbocycles. The Morgan fingerprint density at radius 2 is 1.93 bits per heavy atom. The number of aromatic amines is 1. The molecule has 2 aromatic heterocycles. The van der Waals surface area contributed by atoms with Crippen LogP contribution in [0.1, 0.15) is 28.3 Å². The summed E-state index contributed by atoms with van der Waals surface area (Å²) in [5.41, 5.74) is -0.319. The van der Waals surface area contributed by atoms with Gasteiger partial charge in [0.1, 0.15) is 0 Å². The second kappa shape index (κ2) is 8.74. The summed E-state index contributed by atoms with van der Waals surface area (Å²) in [6, 6.07) is 4.81. The number of allylic oxidation sites excluding steroid dienone is 1. The van der Waals surface area contributed by atoms with Crippen LogP contribution in [0, 0.1) is 6.92 Å². The second-order valence-corrected chi connectivity index (χ2v) is 7.29. The van der Waals surface area contributed by atoms with Crippen molar-refractivity contribution in [2.75, 3.05) is 0 Å². The molecule has 3 rings (SSSR count). The van der Waals surface area contributed by atoms with E-state index in [1.807, 2.05) is 0 Å². The first-order chi connectivity index (χ1) is 14.2. The van der Waals surface area contributed by atoms with E-state index in [0.29, 0.717) is 22.6 Å². The summed E-state index contributed by atoms with van der Waals surface area (Å²) in [7, 11) is 0. The quantitative estimate of drug-likeness (QED) is 0.449. The van der Waals surface area contributed by atoms with Crippen LogP contribution in [0.4, 0.5) is 13.2 Å². The van der Waals surface area contributed by atoms with Gasteiger partial charge in [-0.3, -0.25) is 9.36 Å². The van der Waals surface area contributed by atoms with Gasteiger partial charge in [0.15, 0.2) is 0 Å². The molecule has 0 aliphatic heterocycles. The number of halogens is 3. The first kappa shape index (κ1) is 21.6. The molecule has 7 nitrogen and oxygen atoms in total. The van der Waals surface area contributed by atoms with Crippen molar-refractivity contribution >= 4 is 11.8 Å². The third kappa shape index (κ3) is 4.90. The van der Waals surface area contributed by atoms with Crippen LogP contribution in [0.5, 0.6) is 0 Å². The number of hydrogen-bond donors (Lipinski definition) is 1. The Kier molecular flexibility index (Phi) is 6.30. The SMILES string of the molecule is C=CCn1c(=O)[nH]c(C)c(Cc2nnc(SCc3ccc(C(F)(F)F)cc3)o2)c1=O. The number of nitrogens with zero attached hydrogens (tertiary/aromatic N) is 3. The van der Waals surface area contributed by atoms with E-state index in [1.54, 1.807) is 6.92 Å². The van der Waals surface area contributed by atoms with Gasteiger partial charge < -0.3 is 9.40 Å². The van der Waals surface area contributed by atoms with Crippen molar-refractivity contribution in [1.29, 1.82) is 0 Å². The largest absolute Gasteiger partial charge is 0.416 e. The Balaban J connectivity index is 1.70. The summed E-state index contributed by atoms with van der Waals surface area (Å²) < 4.78 is 44.4. The topological polar surface area (TPSA) is 93.8 Å². The van der Waals surface area contributed by atoms with Gasteiger partial charge in [0.2, 0.25) is 5.89 Å². The maximum Gasteiger partial charge on any atom is 0.416 e. The molecule has 30 heavy (non-hydrogen) atoms. The van der Waals surface area contributed by atoms with Crippen LogP contribution in [-0.4, -0.2) is 19.7 Å². The Labute approximate surface area is 172 Å².